The summed E-state index contributed by atoms with van der Waals surface area (Å²) in [5.41, 5.74) is 4.75. The van der Waals surface area contributed by atoms with Gasteiger partial charge in [0.25, 0.3) is 0 Å². The molecule has 31 heavy (non-hydrogen) atoms. The van der Waals surface area contributed by atoms with Gasteiger partial charge in [-0.2, -0.15) is 0 Å². The topological polar surface area (TPSA) is 51.1 Å². The van der Waals surface area contributed by atoms with E-state index in [0.29, 0.717) is 18.6 Å². The molecule has 1 saturated heterocycles. The van der Waals surface area contributed by atoms with E-state index in [1.165, 1.54) is 46.2 Å². The minimum atomic E-state index is -0.177. The van der Waals surface area contributed by atoms with Gasteiger partial charge in [-0.1, -0.05) is 25.6 Å². The number of hydrogen-bond acceptors (Lipinski definition) is 7. The maximum absolute atomic E-state index is 6.22. The Kier molecular flexibility index (Phi) is 5.42. The Hall–Kier alpha value is -1.44. The first kappa shape index (κ1) is 21.4. The molecule has 5 rings (SSSR count). The fourth-order valence-corrected chi connectivity index (χ4v) is 6.56. The molecule has 0 saturated carbocycles. The van der Waals surface area contributed by atoms with Crippen LogP contribution in [0, 0.1) is 0 Å². The highest BCUT2D eigenvalue weighted by Gasteiger charge is 2.33. The SMILES string of the molecule is CSc1nc(N2CCCC[C@H]2C)c2sc3nc(C(C)C)c4c(c3c2n1)CC(C)(C)OC4. The van der Waals surface area contributed by atoms with Gasteiger partial charge >= 0.3 is 0 Å². The first-order valence-electron chi connectivity index (χ1n) is 11.4. The summed E-state index contributed by atoms with van der Waals surface area (Å²) in [6.45, 7) is 12.9. The number of thiophene rings is 1. The van der Waals surface area contributed by atoms with Gasteiger partial charge in [-0.15, -0.1) is 11.3 Å². The number of hydrogen-bond donors (Lipinski definition) is 0. The summed E-state index contributed by atoms with van der Waals surface area (Å²) >= 11 is 3.41. The van der Waals surface area contributed by atoms with Gasteiger partial charge < -0.3 is 9.64 Å². The molecule has 0 aliphatic carbocycles. The molecule has 3 aromatic rings. The number of rotatable bonds is 3. The third kappa shape index (κ3) is 3.62. The predicted molar refractivity (Wildman–Crippen MR) is 132 cm³/mol. The number of anilines is 1. The Morgan fingerprint density at radius 2 is 1.97 bits per heavy atom. The van der Waals surface area contributed by atoms with E-state index in [0.717, 1.165) is 34.3 Å². The molecule has 3 aromatic heterocycles. The highest BCUT2D eigenvalue weighted by atomic mass is 32.2. The van der Waals surface area contributed by atoms with E-state index in [1.54, 1.807) is 23.1 Å². The van der Waals surface area contributed by atoms with Crippen LogP contribution in [0.5, 0.6) is 0 Å². The molecule has 166 valence electrons. The molecular formula is C24H32N4OS2. The lowest BCUT2D eigenvalue weighted by Crippen LogP contribution is -2.38. The van der Waals surface area contributed by atoms with Crippen molar-refractivity contribution in [1.82, 2.24) is 15.0 Å². The summed E-state index contributed by atoms with van der Waals surface area (Å²) in [7, 11) is 0. The van der Waals surface area contributed by atoms with Gasteiger partial charge in [0, 0.05) is 30.0 Å². The molecule has 0 bridgehead atoms. The van der Waals surface area contributed by atoms with E-state index in [2.05, 4.69) is 45.8 Å². The molecule has 1 fully saturated rings. The number of piperidine rings is 1. The lowest BCUT2D eigenvalue weighted by atomic mass is 9.87. The van der Waals surface area contributed by atoms with Gasteiger partial charge in [-0.3, -0.25) is 0 Å². The van der Waals surface area contributed by atoms with E-state index in [-0.39, 0.29) is 5.60 Å². The highest BCUT2D eigenvalue weighted by molar-refractivity contribution is 7.98. The first-order chi connectivity index (χ1) is 14.8. The van der Waals surface area contributed by atoms with Crippen molar-refractivity contribution >= 4 is 49.3 Å². The van der Waals surface area contributed by atoms with Crippen LogP contribution in [0.2, 0.25) is 0 Å². The maximum Gasteiger partial charge on any atom is 0.189 e. The monoisotopic (exact) mass is 456 g/mol. The second-order valence-electron chi connectivity index (χ2n) is 9.87. The van der Waals surface area contributed by atoms with Crippen molar-refractivity contribution in [2.75, 3.05) is 17.7 Å². The molecule has 2 aliphatic heterocycles. The normalized spacial score (nSPS) is 21.3. The van der Waals surface area contributed by atoms with Crippen LogP contribution < -0.4 is 4.90 Å². The Labute approximate surface area is 193 Å². The average Bonchev–Trinajstić information content (AvgIpc) is 3.10. The molecule has 7 heteroatoms. The van der Waals surface area contributed by atoms with E-state index in [4.69, 9.17) is 19.7 Å². The van der Waals surface area contributed by atoms with Crippen LogP contribution >= 0.6 is 23.1 Å². The summed E-state index contributed by atoms with van der Waals surface area (Å²) in [4.78, 5) is 18.9. The van der Waals surface area contributed by atoms with Gasteiger partial charge in [0.1, 0.15) is 4.83 Å². The summed E-state index contributed by atoms with van der Waals surface area (Å²) in [6.07, 6.45) is 6.71. The van der Waals surface area contributed by atoms with Gasteiger partial charge in [0.05, 0.1) is 28.1 Å². The molecule has 0 unspecified atom stereocenters. The van der Waals surface area contributed by atoms with Crippen LogP contribution in [0.3, 0.4) is 0 Å². The number of pyridine rings is 1. The van der Waals surface area contributed by atoms with Crippen molar-refractivity contribution in [1.29, 1.82) is 0 Å². The summed E-state index contributed by atoms with van der Waals surface area (Å²) < 4.78 is 7.41. The van der Waals surface area contributed by atoms with Crippen LogP contribution in [0.1, 0.15) is 76.6 Å². The number of fused-ring (bicyclic) bond motifs is 5. The van der Waals surface area contributed by atoms with Crippen LogP contribution in [0.15, 0.2) is 5.16 Å². The van der Waals surface area contributed by atoms with E-state index < -0.39 is 0 Å². The van der Waals surface area contributed by atoms with Crippen LogP contribution in [-0.2, 0) is 17.8 Å². The zero-order valence-corrected chi connectivity index (χ0v) is 21.0. The third-order valence-corrected chi connectivity index (χ3v) is 8.30. The molecular weight excluding hydrogens is 424 g/mol. The minimum absolute atomic E-state index is 0.177. The molecule has 0 spiro atoms. The maximum atomic E-state index is 6.22. The predicted octanol–water partition coefficient (Wildman–Crippen LogP) is 6.31. The average molecular weight is 457 g/mol. The molecule has 5 nitrogen and oxygen atoms in total. The number of thioether (sulfide) groups is 1. The fourth-order valence-electron chi connectivity index (χ4n) is 5.04. The number of aromatic nitrogens is 3. The molecule has 0 amide bonds. The van der Waals surface area contributed by atoms with Crippen molar-refractivity contribution in [2.45, 2.75) is 89.6 Å². The Morgan fingerprint density at radius 1 is 1.16 bits per heavy atom. The largest absolute Gasteiger partial charge is 0.370 e. The van der Waals surface area contributed by atoms with Crippen LogP contribution in [-0.4, -0.2) is 39.4 Å². The van der Waals surface area contributed by atoms with Crippen molar-refractivity contribution in [2.24, 2.45) is 0 Å². The van der Waals surface area contributed by atoms with Gasteiger partial charge in [0.15, 0.2) is 11.0 Å². The molecule has 0 aromatic carbocycles. The number of ether oxygens (including phenoxy) is 1. The van der Waals surface area contributed by atoms with E-state index in [9.17, 15) is 0 Å². The van der Waals surface area contributed by atoms with Gasteiger partial charge in [-0.25, -0.2) is 15.0 Å². The van der Waals surface area contributed by atoms with E-state index in [1.807, 2.05) is 0 Å². The Bertz CT molecular complexity index is 1150. The second kappa shape index (κ2) is 7.85. The molecule has 0 N–H and O–H groups in total. The standard InChI is InChI=1S/C24H32N4OS2/c1-13(2)18-16-12-29-24(4,5)11-15(16)17-19-20(31-22(17)25-18)21(27-23(26-19)30-6)28-10-8-7-9-14(28)3/h13-14H,7-12H2,1-6H3/t14-/m1/s1. The Balaban J connectivity index is 1.84. The second-order valence-corrected chi connectivity index (χ2v) is 11.6. The molecule has 0 radical (unpaired) electrons. The summed E-state index contributed by atoms with van der Waals surface area (Å²) in [6, 6.07) is 0.507. The zero-order chi connectivity index (χ0) is 21.9. The summed E-state index contributed by atoms with van der Waals surface area (Å²) in [5, 5.41) is 2.09. The molecule has 1 atom stereocenters. The van der Waals surface area contributed by atoms with E-state index >= 15 is 0 Å². The quantitative estimate of drug-likeness (QED) is 0.340. The van der Waals surface area contributed by atoms with Crippen LogP contribution in [0.25, 0.3) is 20.4 Å². The Morgan fingerprint density at radius 3 is 2.68 bits per heavy atom. The lowest BCUT2D eigenvalue weighted by Gasteiger charge is -2.34. The van der Waals surface area contributed by atoms with Gasteiger partial charge in [0.2, 0.25) is 0 Å². The molecule has 2 aliphatic rings. The van der Waals surface area contributed by atoms with Crippen molar-refractivity contribution < 1.29 is 4.74 Å². The van der Waals surface area contributed by atoms with Crippen molar-refractivity contribution in [3.05, 3.63) is 16.8 Å². The van der Waals surface area contributed by atoms with Crippen LogP contribution in [0.4, 0.5) is 5.82 Å². The smallest absolute Gasteiger partial charge is 0.189 e. The lowest BCUT2D eigenvalue weighted by molar-refractivity contribution is -0.0402. The summed E-state index contributed by atoms with van der Waals surface area (Å²) in [5.74, 6) is 1.47. The minimum Gasteiger partial charge on any atom is -0.370 e. The first-order valence-corrected chi connectivity index (χ1v) is 13.4. The van der Waals surface area contributed by atoms with Crippen molar-refractivity contribution in [3.8, 4) is 0 Å². The van der Waals surface area contributed by atoms with Crippen molar-refractivity contribution in [3.63, 3.8) is 0 Å². The number of nitrogens with zero attached hydrogens (tertiary/aromatic N) is 4. The highest BCUT2D eigenvalue weighted by Crippen LogP contribution is 2.45. The molecule has 5 heterocycles. The van der Waals surface area contributed by atoms with Gasteiger partial charge in [-0.05, 0) is 57.8 Å². The fraction of sp³-hybridized carbons (Fsp3) is 0.625. The third-order valence-electron chi connectivity index (χ3n) is 6.69. The zero-order valence-electron chi connectivity index (χ0n) is 19.4.